The van der Waals surface area contributed by atoms with Crippen LogP contribution in [0.3, 0.4) is 0 Å². The highest BCUT2D eigenvalue weighted by atomic mass is 16.5. The molecule has 29 heavy (non-hydrogen) atoms. The van der Waals surface area contributed by atoms with Crippen LogP contribution in [0, 0.1) is 13.8 Å². The molecular formula is C24H29N3O2. The number of fused-ring (bicyclic) bond motifs is 1. The summed E-state index contributed by atoms with van der Waals surface area (Å²) in [4.78, 5) is 19.9. The summed E-state index contributed by atoms with van der Waals surface area (Å²) < 4.78 is 7.94. The summed E-state index contributed by atoms with van der Waals surface area (Å²) in [7, 11) is 0. The number of imidazole rings is 1. The minimum Gasteiger partial charge on any atom is -0.372 e. The van der Waals surface area contributed by atoms with Gasteiger partial charge in [-0.15, -0.1) is 0 Å². The fourth-order valence-electron chi connectivity index (χ4n) is 4.47. The van der Waals surface area contributed by atoms with E-state index in [0.717, 1.165) is 16.9 Å². The SMILES string of the molecule is Cc1ccccc1C(CC(=O)N1CC(C)OC(C)C1)c1cnc2c(C)cccn12. The number of morpholine rings is 1. The molecule has 0 bridgehead atoms. The van der Waals surface area contributed by atoms with Crippen LogP contribution in [0.1, 0.15) is 48.6 Å². The van der Waals surface area contributed by atoms with Gasteiger partial charge in [0.2, 0.25) is 5.91 Å². The normalized spacial score (nSPS) is 20.8. The number of amides is 1. The van der Waals surface area contributed by atoms with Gasteiger partial charge in [0.15, 0.2) is 0 Å². The molecule has 3 aromatic rings. The number of aryl methyl sites for hydroxylation is 2. The summed E-state index contributed by atoms with van der Waals surface area (Å²) >= 11 is 0. The smallest absolute Gasteiger partial charge is 0.223 e. The second-order valence-corrected chi connectivity index (χ2v) is 8.24. The molecule has 0 saturated carbocycles. The molecule has 1 aliphatic heterocycles. The van der Waals surface area contributed by atoms with Gasteiger partial charge in [-0.2, -0.15) is 0 Å². The van der Waals surface area contributed by atoms with E-state index in [1.807, 2.05) is 49.3 Å². The summed E-state index contributed by atoms with van der Waals surface area (Å²) in [5, 5.41) is 0. The Kier molecular flexibility index (Phi) is 5.41. The van der Waals surface area contributed by atoms with E-state index >= 15 is 0 Å². The van der Waals surface area contributed by atoms with E-state index in [0.29, 0.717) is 19.5 Å². The third-order valence-corrected chi connectivity index (χ3v) is 5.83. The van der Waals surface area contributed by atoms with E-state index in [1.165, 1.54) is 11.1 Å². The standard InChI is InChI=1S/C24H29N3O2/c1-16-8-5-6-10-20(16)21(12-23(28)26-14-18(3)29-19(4)15-26)22-13-25-24-17(2)9-7-11-27(22)24/h5-11,13,18-19,21H,12,14-15H2,1-4H3. The van der Waals surface area contributed by atoms with Crippen LogP contribution in [0.2, 0.25) is 0 Å². The Morgan fingerprint density at radius 2 is 1.79 bits per heavy atom. The maximum Gasteiger partial charge on any atom is 0.223 e. The molecule has 5 heteroatoms. The lowest BCUT2D eigenvalue weighted by atomic mass is 9.89. The number of ether oxygens (including phenoxy) is 1. The molecule has 1 saturated heterocycles. The first kappa shape index (κ1) is 19.6. The van der Waals surface area contributed by atoms with Crippen LogP contribution >= 0.6 is 0 Å². The van der Waals surface area contributed by atoms with Crippen molar-refractivity contribution in [1.29, 1.82) is 0 Å². The molecular weight excluding hydrogens is 362 g/mol. The molecule has 1 aromatic carbocycles. The van der Waals surface area contributed by atoms with E-state index in [9.17, 15) is 4.79 Å². The Morgan fingerprint density at radius 3 is 2.52 bits per heavy atom. The Hall–Kier alpha value is -2.66. The molecule has 0 N–H and O–H groups in total. The molecule has 0 aliphatic carbocycles. The Labute approximate surface area is 172 Å². The molecule has 0 spiro atoms. The molecule has 1 fully saturated rings. The van der Waals surface area contributed by atoms with Crippen LogP contribution in [0.4, 0.5) is 0 Å². The molecule has 1 amide bonds. The first-order chi connectivity index (χ1) is 13.9. The summed E-state index contributed by atoms with van der Waals surface area (Å²) in [6.07, 6.45) is 4.53. The second-order valence-electron chi connectivity index (χ2n) is 8.24. The van der Waals surface area contributed by atoms with Crippen molar-refractivity contribution in [2.45, 2.75) is 52.2 Å². The Morgan fingerprint density at radius 1 is 1.10 bits per heavy atom. The number of benzene rings is 1. The molecule has 2 aromatic heterocycles. The minimum absolute atomic E-state index is 0.0473. The summed E-state index contributed by atoms with van der Waals surface area (Å²) in [5.74, 6) is 0.122. The van der Waals surface area contributed by atoms with Gasteiger partial charge in [-0.1, -0.05) is 30.3 Å². The third-order valence-electron chi connectivity index (χ3n) is 5.83. The van der Waals surface area contributed by atoms with Crippen LogP contribution in [0.25, 0.3) is 5.65 Å². The number of hydrogen-bond acceptors (Lipinski definition) is 3. The van der Waals surface area contributed by atoms with Crippen molar-refractivity contribution in [3.05, 3.63) is 71.2 Å². The van der Waals surface area contributed by atoms with Gasteiger partial charge in [0.05, 0.1) is 17.9 Å². The topological polar surface area (TPSA) is 46.8 Å². The summed E-state index contributed by atoms with van der Waals surface area (Å²) in [5.41, 5.74) is 5.50. The predicted octanol–water partition coefficient (Wildman–Crippen LogP) is 4.11. The van der Waals surface area contributed by atoms with Gasteiger partial charge in [0.1, 0.15) is 5.65 Å². The fraction of sp³-hybridized carbons (Fsp3) is 0.417. The molecule has 4 rings (SSSR count). The first-order valence-electron chi connectivity index (χ1n) is 10.4. The van der Waals surface area contributed by atoms with Crippen molar-refractivity contribution in [3.8, 4) is 0 Å². The van der Waals surface area contributed by atoms with Crippen molar-refractivity contribution in [1.82, 2.24) is 14.3 Å². The van der Waals surface area contributed by atoms with Gasteiger partial charge in [-0.3, -0.25) is 4.79 Å². The van der Waals surface area contributed by atoms with Crippen molar-refractivity contribution < 1.29 is 9.53 Å². The van der Waals surface area contributed by atoms with Gasteiger partial charge in [0.25, 0.3) is 0 Å². The van der Waals surface area contributed by atoms with Crippen LogP contribution in [0.15, 0.2) is 48.8 Å². The monoisotopic (exact) mass is 391 g/mol. The lowest BCUT2D eigenvalue weighted by Crippen LogP contribution is -2.48. The average Bonchev–Trinajstić information content (AvgIpc) is 3.11. The molecule has 3 heterocycles. The number of aromatic nitrogens is 2. The fourth-order valence-corrected chi connectivity index (χ4v) is 4.47. The largest absolute Gasteiger partial charge is 0.372 e. The van der Waals surface area contributed by atoms with Crippen LogP contribution < -0.4 is 0 Å². The number of nitrogens with zero attached hydrogens (tertiary/aromatic N) is 3. The number of rotatable bonds is 4. The summed E-state index contributed by atoms with van der Waals surface area (Å²) in [6, 6.07) is 12.4. The van der Waals surface area contributed by atoms with E-state index in [2.05, 4.69) is 41.4 Å². The van der Waals surface area contributed by atoms with Gasteiger partial charge < -0.3 is 14.0 Å². The zero-order valence-electron chi connectivity index (χ0n) is 17.6. The lowest BCUT2D eigenvalue weighted by Gasteiger charge is -2.36. The second kappa shape index (κ2) is 7.99. The van der Waals surface area contributed by atoms with E-state index in [-0.39, 0.29) is 24.0 Å². The van der Waals surface area contributed by atoms with E-state index < -0.39 is 0 Å². The molecule has 152 valence electrons. The number of hydrogen-bond donors (Lipinski definition) is 0. The van der Waals surface area contributed by atoms with Crippen molar-refractivity contribution >= 4 is 11.6 Å². The zero-order valence-corrected chi connectivity index (χ0v) is 17.6. The maximum absolute atomic E-state index is 13.3. The van der Waals surface area contributed by atoms with Crippen LogP contribution in [0.5, 0.6) is 0 Å². The third kappa shape index (κ3) is 3.92. The number of carbonyl (C=O) groups excluding carboxylic acids is 1. The van der Waals surface area contributed by atoms with E-state index in [4.69, 9.17) is 4.74 Å². The van der Waals surface area contributed by atoms with Gasteiger partial charge in [-0.05, 0) is 50.5 Å². The average molecular weight is 392 g/mol. The highest BCUT2D eigenvalue weighted by Crippen LogP contribution is 2.32. The molecule has 5 nitrogen and oxygen atoms in total. The van der Waals surface area contributed by atoms with Crippen molar-refractivity contribution in [3.63, 3.8) is 0 Å². The van der Waals surface area contributed by atoms with E-state index in [1.54, 1.807) is 0 Å². The lowest BCUT2D eigenvalue weighted by molar-refractivity contribution is -0.143. The number of carbonyl (C=O) groups is 1. The zero-order chi connectivity index (χ0) is 20.5. The highest BCUT2D eigenvalue weighted by molar-refractivity contribution is 5.78. The quantitative estimate of drug-likeness (QED) is 0.672. The molecule has 3 atom stereocenters. The van der Waals surface area contributed by atoms with Crippen LogP contribution in [-0.4, -0.2) is 45.5 Å². The predicted molar refractivity (Wildman–Crippen MR) is 114 cm³/mol. The number of pyridine rings is 1. The van der Waals surface area contributed by atoms with Crippen LogP contribution in [-0.2, 0) is 9.53 Å². The van der Waals surface area contributed by atoms with Gasteiger partial charge in [0, 0.05) is 37.8 Å². The Balaban J connectivity index is 1.72. The maximum atomic E-state index is 13.3. The molecule has 1 aliphatic rings. The highest BCUT2D eigenvalue weighted by Gasteiger charge is 2.30. The molecule has 0 radical (unpaired) electrons. The van der Waals surface area contributed by atoms with Crippen molar-refractivity contribution in [2.24, 2.45) is 0 Å². The molecule has 3 unspecified atom stereocenters. The Bertz CT molecular complexity index is 1020. The van der Waals surface area contributed by atoms with Crippen molar-refractivity contribution in [2.75, 3.05) is 13.1 Å². The van der Waals surface area contributed by atoms with Gasteiger partial charge >= 0.3 is 0 Å². The minimum atomic E-state index is -0.0473. The summed E-state index contributed by atoms with van der Waals surface area (Å²) in [6.45, 7) is 9.53. The first-order valence-corrected chi connectivity index (χ1v) is 10.4. The van der Waals surface area contributed by atoms with Gasteiger partial charge in [-0.25, -0.2) is 4.98 Å².